The van der Waals surface area contributed by atoms with E-state index in [9.17, 15) is 0 Å². The van der Waals surface area contributed by atoms with E-state index in [0.29, 0.717) is 5.92 Å². The fraction of sp³-hybridized carbons (Fsp3) is 0.222. The highest BCUT2D eigenvalue weighted by Gasteiger charge is 2.25. The van der Waals surface area contributed by atoms with Gasteiger partial charge in [-0.2, -0.15) is 0 Å². The van der Waals surface area contributed by atoms with Crippen LogP contribution in [0.4, 0.5) is 0 Å². The third kappa shape index (κ3) is 1.53. The Morgan fingerprint density at radius 2 is 1.22 bits per heavy atom. The van der Waals surface area contributed by atoms with Gasteiger partial charge < -0.3 is 0 Å². The molecule has 0 nitrogen and oxygen atoms in total. The molecule has 0 atom stereocenters. The average Bonchev–Trinajstić information content (AvgIpc) is 2.40. The minimum absolute atomic E-state index is 0.0675. The quantitative estimate of drug-likeness (QED) is 0.630. The van der Waals surface area contributed by atoms with E-state index in [1.807, 2.05) is 6.08 Å². The van der Waals surface area contributed by atoms with Gasteiger partial charge in [0.05, 0.1) is 0 Å². The van der Waals surface area contributed by atoms with Crippen molar-refractivity contribution in [3.63, 3.8) is 0 Å². The minimum Gasteiger partial charge on any atom is -0.102 e. The van der Waals surface area contributed by atoms with E-state index in [4.69, 9.17) is 0 Å². The van der Waals surface area contributed by atoms with Gasteiger partial charge in [0.1, 0.15) is 0 Å². The molecule has 4 aliphatic rings. The SMILES string of the molecule is C=CC1c2ccc(cc2)C(C)(C)c2ccc1cc2. The Morgan fingerprint density at radius 1 is 0.833 bits per heavy atom. The van der Waals surface area contributed by atoms with Gasteiger partial charge in [-0.3, -0.25) is 0 Å². The lowest BCUT2D eigenvalue weighted by Crippen LogP contribution is -2.19. The summed E-state index contributed by atoms with van der Waals surface area (Å²) in [5.41, 5.74) is 5.43. The summed E-state index contributed by atoms with van der Waals surface area (Å²) >= 11 is 0. The first-order chi connectivity index (χ1) is 8.63. The average molecular weight is 234 g/mol. The van der Waals surface area contributed by atoms with Gasteiger partial charge in [-0.15, -0.1) is 6.58 Å². The Labute approximate surface area is 109 Å². The molecular formula is C18H18. The van der Waals surface area contributed by atoms with Gasteiger partial charge in [0.15, 0.2) is 0 Å². The summed E-state index contributed by atoms with van der Waals surface area (Å²) in [5, 5.41) is 0. The molecule has 0 radical (unpaired) electrons. The fourth-order valence-electron chi connectivity index (χ4n) is 2.85. The zero-order valence-corrected chi connectivity index (χ0v) is 11.0. The summed E-state index contributed by atoms with van der Waals surface area (Å²) in [6.45, 7) is 8.54. The maximum absolute atomic E-state index is 3.98. The van der Waals surface area contributed by atoms with E-state index >= 15 is 0 Å². The predicted octanol–water partition coefficient (Wildman–Crippen LogP) is 4.64. The van der Waals surface area contributed by atoms with Crippen molar-refractivity contribution in [3.8, 4) is 0 Å². The Hall–Kier alpha value is -1.82. The van der Waals surface area contributed by atoms with Crippen molar-refractivity contribution in [2.45, 2.75) is 25.2 Å². The summed E-state index contributed by atoms with van der Waals surface area (Å²) in [7, 11) is 0. The molecule has 0 saturated carbocycles. The first-order valence-corrected chi connectivity index (χ1v) is 6.46. The molecule has 18 heavy (non-hydrogen) atoms. The van der Waals surface area contributed by atoms with Crippen LogP contribution in [0.5, 0.6) is 0 Å². The highest BCUT2D eigenvalue weighted by molar-refractivity contribution is 5.46. The number of hydrogen-bond donors (Lipinski definition) is 0. The molecule has 4 aliphatic carbocycles. The lowest BCUT2D eigenvalue weighted by Gasteiger charge is -2.29. The van der Waals surface area contributed by atoms with Crippen molar-refractivity contribution in [2.75, 3.05) is 0 Å². The molecule has 0 amide bonds. The zero-order chi connectivity index (χ0) is 12.8. The van der Waals surface area contributed by atoms with Crippen molar-refractivity contribution >= 4 is 0 Å². The van der Waals surface area contributed by atoms with Crippen molar-refractivity contribution in [1.29, 1.82) is 0 Å². The van der Waals surface area contributed by atoms with Gasteiger partial charge in [-0.05, 0) is 22.3 Å². The van der Waals surface area contributed by atoms with Crippen molar-refractivity contribution in [1.82, 2.24) is 0 Å². The summed E-state index contributed by atoms with van der Waals surface area (Å²) in [5.74, 6) is 0.300. The normalized spacial score (nSPS) is 16.8. The number of hydrogen-bond acceptors (Lipinski definition) is 0. The molecule has 0 unspecified atom stereocenters. The second-order valence-electron chi connectivity index (χ2n) is 5.58. The van der Waals surface area contributed by atoms with Gasteiger partial charge >= 0.3 is 0 Å². The highest BCUT2D eigenvalue weighted by atomic mass is 14.3. The van der Waals surface area contributed by atoms with Crippen LogP contribution in [0, 0.1) is 0 Å². The van der Waals surface area contributed by atoms with Crippen LogP contribution >= 0.6 is 0 Å². The fourth-order valence-corrected chi connectivity index (χ4v) is 2.85. The monoisotopic (exact) mass is 234 g/mol. The first kappa shape index (κ1) is 11.3. The van der Waals surface area contributed by atoms with Gasteiger partial charge in [0.25, 0.3) is 0 Å². The Kier molecular flexibility index (Phi) is 2.41. The summed E-state index contributed by atoms with van der Waals surface area (Å²) in [4.78, 5) is 0. The van der Waals surface area contributed by atoms with E-state index < -0.39 is 0 Å². The third-order valence-corrected chi connectivity index (χ3v) is 4.22. The molecule has 0 fully saturated rings. The van der Waals surface area contributed by atoms with Crippen LogP contribution in [0.3, 0.4) is 0 Å². The first-order valence-electron chi connectivity index (χ1n) is 6.46. The topological polar surface area (TPSA) is 0 Å². The summed E-state index contributed by atoms with van der Waals surface area (Å²) in [6, 6.07) is 17.9. The van der Waals surface area contributed by atoms with Crippen molar-refractivity contribution in [3.05, 3.63) is 83.4 Å². The standard InChI is InChI=1S/C18H18/c1-4-17-13-5-9-15(10-6-13)18(2,3)16-11-7-14(17)8-12-16/h4-12,17H,1H2,2-3H3. The Bertz CT molecular complexity index is 521. The molecule has 0 N–H and O–H groups in total. The molecule has 4 bridgehead atoms. The molecule has 90 valence electrons. The van der Waals surface area contributed by atoms with Crippen LogP contribution in [0.2, 0.25) is 0 Å². The van der Waals surface area contributed by atoms with Gasteiger partial charge in [0.2, 0.25) is 0 Å². The molecule has 0 spiro atoms. The molecule has 0 heteroatoms. The maximum atomic E-state index is 3.98. The van der Waals surface area contributed by atoms with Crippen LogP contribution in [-0.2, 0) is 5.41 Å². The molecule has 0 heterocycles. The number of rotatable bonds is 1. The Balaban J connectivity index is 2.31. The number of benzene rings is 2. The molecule has 0 saturated heterocycles. The lowest BCUT2D eigenvalue weighted by atomic mass is 9.75. The van der Waals surface area contributed by atoms with E-state index in [-0.39, 0.29) is 5.41 Å². The van der Waals surface area contributed by atoms with Crippen molar-refractivity contribution < 1.29 is 0 Å². The lowest BCUT2D eigenvalue weighted by molar-refractivity contribution is 0.638. The maximum Gasteiger partial charge on any atom is 0.0266 e. The Morgan fingerprint density at radius 3 is 1.56 bits per heavy atom. The predicted molar refractivity (Wildman–Crippen MR) is 77.1 cm³/mol. The van der Waals surface area contributed by atoms with Crippen LogP contribution in [0.25, 0.3) is 0 Å². The van der Waals surface area contributed by atoms with Gasteiger partial charge in [0, 0.05) is 11.3 Å². The van der Waals surface area contributed by atoms with E-state index in [1.165, 1.54) is 22.3 Å². The minimum atomic E-state index is 0.0675. The van der Waals surface area contributed by atoms with Crippen LogP contribution in [0.1, 0.15) is 42.0 Å². The highest BCUT2D eigenvalue weighted by Crippen LogP contribution is 2.36. The van der Waals surface area contributed by atoms with Gasteiger partial charge in [-0.25, -0.2) is 0 Å². The largest absolute Gasteiger partial charge is 0.102 e. The van der Waals surface area contributed by atoms with E-state index in [2.05, 4.69) is 69.0 Å². The second kappa shape index (κ2) is 3.84. The third-order valence-electron chi connectivity index (χ3n) is 4.22. The molecule has 0 aliphatic heterocycles. The second-order valence-corrected chi connectivity index (χ2v) is 5.58. The van der Waals surface area contributed by atoms with Crippen LogP contribution in [-0.4, -0.2) is 0 Å². The smallest absolute Gasteiger partial charge is 0.0266 e. The van der Waals surface area contributed by atoms with E-state index in [1.54, 1.807) is 0 Å². The van der Waals surface area contributed by atoms with Gasteiger partial charge in [-0.1, -0.05) is 68.5 Å². The molecule has 6 rings (SSSR count). The molecule has 2 aromatic rings. The molecular weight excluding hydrogens is 216 g/mol. The van der Waals surface area contributed by atoms with E-state index in [0.717, 1.165) is 0 Å². The van der Waals surface area contributed by atoms with Crippen LogP contribution < -0.4 is 0 Å². The summed E-state index contributed by atoms with van der Waals surface area (Å²) in [6.07, 6.45) is 2.02. The number of allylic oxidation sites excluding steroid dienone is 1. The summed E-state index contributed by atoms with van der Waals surface area (Å²) < 4.78 is 0. The van der Waals surface area contributed by atoms with Crippen LogP contribution in [0.15, 0.2) is 61.2 Å². The van der Waals surface area contributed by atoms with Crippen molar-refractivity contribution in [2.24, 2.45) is 0 Å². The molecule has 0 aromatic heterocycles. The zero-order valence-electron chi connectivity index (χ0n) is 11.0. The molecule has 2 aromatic carbocycles.